The Balaban J connectivity index is 1.68. The van der Waals surface area contributed by atoms with Gasteiger partial charge in [-0.25, -0.2) is 0 Å². The van der Waals surface area contributed by atoms with Crippen LogP contribution in [0.2, 0.25) is 0 Å². The Morgan fingerprint density at radius 2 is 1.70 bits per heavy atom. The summed E-state index contributed by atoms with van der Waals surface area (Å²) in [6.45, 7) is 2.44. The Bertz CT molecular complexity index is 494. The molecule has 108 valence electrons. The fourth-order valence-corrected chi connectivity index (χ4v) is 4.01. The molecular weight excluding hydrogens is 250 g/mol. The predicted octanol–water partition coefficient (Wildman–Crippen LogP) is 3.22. The Kier molecular flexibility index (Phi) is 3.31. The van der Waals surface area contributed by atoms with Gasteiger partial charge in [0, 0.05) is 6.04 Å². The minimum atomic E-state index is 0.523. The van der Waals surface area contributed by atoms with E-state index in [0.29, 0.717) is 19.3 Å². The van der Waals surface area contributed by atoms with Crippen LogP contribution >= 0.6 is 0 Å². The number of benzene rings is 1. The third kappa shape index (κ3) is 2.18. The highest BCUT2D eigenvalue weighted by Crippen LogP contribution is 2.42. The summed E-state index contributed by atoms with van der Waals surface area (Å²) in [4.78, 5) is 0. The molecule has 1 aliphatic carbocycles. The van der Waals surface area contributed by atoms with Gasteiger partial charge in [-0.1, -0.05) is 19.3 Å². The molecule has 0 bridgehead atoms. The molecule has 1 saturated carbocycles. The number of rotatable bonds is 1. The van der Waals surface area contributed by atoms with Crippen LogP contribution in [0.4, 0.5) is 0 Å². The summed E-state index contributed by atoms with van der Waals surface area (Å²) in [7, 11) is 0. The van der Waals surface area contributed by atoms with Gasteiger partial charge < -0.3 is 14.8 Å². The van der Waals surface area contributed by atoms with Gasteiger partial charge in [0.1, 0.15) is 13.2 Å². The summed E-state index contributed by atoms with van der Waals surface area (Å²) in [5.41, 5.74) is 2.93. The zero-order valence-corrected chi connectivity index (χ0v) is 12.0. The van der Waals surface area contributed by atoms with Crippen molar-refractivity contribution in [2.45, 2.75) is 44.6 Å². The van der Waals surface area contributed by atoms with Gasteiger partial charge in [-0.15, -0.1) is 0 Å². The average Bonchev–Trinajstić information content (AvgIpc) is 2.53. The van der Waals surface area contributed by atoms with Crippen molar-refractivity contribution in [3.8, 4) is 11.5 Å². The molecule has 3 heteroatoms. The average molecular weight is 273 g/mol. The zero-order chi connectivity index (χ0) is 13.4. The van der Waals surface area contributed by atoms with Crippen LogP contribution in [0.25, 0.3) is 0 Å². The molecule has 0 radical (unpaired) electrons. The van der Waals surface area contributed by atoms with Crippen LogP contribution in [0.1, 0.15) is 49.3 Å². The van der Waals surface area contributed by atoms with Crippen molar-refractivity contribution < 1.29 is 9.47 Å². The number of nitrogens with one attached hydrogen (secondary N) is 1. The summed E-state index contributed by atoms with van der Waals surface area (Å²) in [5.74, 6) is 2.68. The molecule has 1 fully saturated rings. The third-order valence-electron chi connectivity index (χ3n) is 5.02. The first-order valence-electron chi connectivity index (χ1n) is 8.07. The van der Waals surface area contributed by atoms with Crippen LogP contribution in [-0.4, -0.2) is 19.8 Å². The van der Waals surface area contributed by atoms with E-state index in [1.165, 1.54) is 43.2 Å². The molecule has 1 unspecified atom stereocenters. The molecule has 2 aliphatic heterocycles. The third-order valence-corrected chi connectivity index (χ3v) is 5.02. The first-order chi connectivity index (χ1) is 9.92. The van der Waals surface area contributed by atoms with Gasteiger partial charge in [-0.05, 0) is 55.0 Å². The van der Waals surface area contributed by atoms with Crippen LogP contribution in [0.3, 0.4) is 0 Å². The fraction of sp³-hybridized carbons (Fsp3) is 0.647. The maximum absolute atomic E-state index is 5.77. The second-order valence-electron chi connectivity index (χ2n) is 6.27. The molecule has 1 aromatic rings. The molecule has 2 heterocycles. The highest BCUT2D eigenvalue weighted by Gasteiger charge is 2.30. The molecule has 1 aromatic carbocycles. The van der Waals surface area contributed by atoms with Crippen molar-refractivity contribution in [2.75, 3.05) is 19.8 Å². The van der Waals surface area contributed by atoms with Crippen LogP contribution in [0.15, 0.2) is 12.1 Å². The normalized spacial score (nSPS) is 26.1. The van der Waals surface area contributed by atoms with Crippen molar-refractivity contribution in [1.29, 1.82) is 0 Å². The van der Waals surface area contributed by atoms with Gasteiger partial charge in [0.2, 0.25) is 0 Å². The van der Waals surface area contributed by atoms with E-state index in [0.717, 1.165) is 30.4 Å². The molecule has 0 amide bonds. The Hall–Kier alpha value is -1.22. The molecule has 3 nitrogen and oxygen atoms in total. The highest BCUT2D eigenvalue weighted by atomic mass is 16.6. The maximum atomic E-state index is 5.77. The lowest BCUT2D eigenvalue weighted by Crippen LogP contribution is -2.36. The number of hydrogen-bond acceptors (Lipinski definition) is 3. The van der Waals surface area contributed by atoms with Crippen molar-refractivity contribution in [3.63, 3.8) is 0 Å². The number of ether oxygens (including phenoxy) is 2. The van der Waals surface area contributed by atoms with E-state index in [4.69, 9.17) is 9.47 Å². The van der Waals surface area contributed by atoms with Crippen LogP contribution in [0.5, 0.6) is 11.5 Å². The van der Waals surface area contributed by atoms with E-state index in [2.05, 4.69) is 17.4 Å². The molecule has 0 aromatic heterocycles. The molecular formula is C17H23NO2. The van der Waals surface area contributed by atoms with E-state index >= 15 is 0 Å². The topological polar surface area (TPSA) is 30.5 Å². The zero-order valence-electron chi connectivity index (χ0n) is 12.0. The lowest BCUT2D eigenvalue weighted by molar-refractivity contribution is 0.170. The van der Waals surface area contributed by atoms with Crippen LogP contribution in [-0.2, 0) is 6.42 Å². The van der Waals surface area contributed by atoms with Crippen molar-refractivity contribution in [3.05, 3.63) is 23.3 Å². The summed E-state index contributed by atoms with van der Waals surface area (Å²) >= 11 is 0. The highest BCUT2D eigenvalue weighted by molar-refractivity contribution is 5.50. The Labute approximate surface area is 120 Å². The predicted molar refractivity (Wildman–Crippen MR) is 78.5 cm³/mol. The van der Waals surface area contributed by atoms with Gasteiger partial charge >= 0.3 is 0 Å². The van der Waals surface area contributed by atoms with Gasteiger partial charge in [-0.3, -0.25) is 0 Å². The number of fused-ring (bicyclic) bond motifs is 2. The van der Waals surface area contributed by atoms with Gasteiger partial charge in [-0.2, -0.15) is 0 Å². The minimum absolute atomic E-state index is 0.523. The van der Waals surface area contributed by atoms with Crippen LogP contribution < -0.4 is 14.8 Å². The Morgan fingerprint density at radius 3 is 2.50 bits per heavy atom. The van der Waals surface area contributed by atoms with Crippen molar-refractivity contribution in [1.82, 2.24) is 5.32 Å². The molecule has 0 spiro atoms. The monoisotopic (exact) mass is 273 g/mol. The van der Waals surface area contributed by atoms with E-state index in [1.807, 2.05) is 0 Å². The van der Waals surface area contributed by atoms with E-state index < -0.39 is 0 Å². The minimum Gasteiger partial charge on any atom is -0.486 e. The maximum Gasteiger partial charge on any atom is 0.161 e. The van der Waals surface area contributed by atoms with E-state index in [1.54, 1.807) is 0 Å². The van der Waals surface area contributed by atoms with Gasteiger partial charge in [0.25, 0.3) is 0 Å². The second kappa shape index (κ2) is 5.28. The van der Waals surface area contributed by atoms with Crippen molar-refractivity contribution >= 4 is 0 Å². The van der Waals surface area contributed by atoms with Gasteiger partial charge in [0.05, 0.1) is 0 Å². The first-order valence-corrected chi connectivity index (χ1v) is 8.07. The quantitative estimate of drug-likeness (QED) is 0.852. The fourth-order valence-electron chi connectivity index (χ4n) is 4.01. The van der Waals surface area contributed by atoms with E-state index in [9.17, 15) is 0 Å². The van der Waals surface area contributed by atoms with Crippen LogP contribution in [0, 0.1) is 5.92 Å². The Morgan fingerprint density at radius 1 is 0.950 bits per heavy atom. The number of hydrogen-bond donors (Lipinski definition) is 1. The largest absolute Gasteiger partial charge is 0.486 e. The molecule has 4 rings (SSSR count). The molecule has 1 atom stereocenters. The second-order valence-corrected chi connectivity index (χ2v) is 6.27. The lowest BCUT2D eigenvalue weighted by atomic mass is 9.78. The van der Waals surface area contributed by atoms with Crippen molar-refractivity contribution in [2.24, 2.45) is 5.92 Å². The molecule has 3 aliphatic rings. The molecule has 0 saturated heterocycles. The summed E-state index contributed by atoms with van der Waals surface area (Å²) in [5, 5.41) is 3.76. The SMILES string of the molecule is c1c2c(cc3c1OCCO3)C(C1CCCCC1)NCC2. The smallest absolute Gasteiger partial charge is 0.161 e. The lowest BCUT2D eigenvalue weighted by Gasteiger charge is -2.36. The molecule has 1 N–H and O–H groups in total. The van der Waals surface area contributed by atoms with E-state index in [-0.39, 0.29) is 0 Å². The summed E-state index contributed by atoms with van der Waals surface area (Å²) in [6.07, 6.45) is 8.04. The summed E-state index contributed by atoms with van der Waals surface area (Å²) in [6, 6.07) is 4.99. The standard InChI is InChI=1S/C17H23NO2/c1-2-4-12(5-3-1)17-14-11-16-15(19-8-9-20-16)10-13(14)6-7-18-17/h10-12,17-18H,1-9H2. The van der Waals surface area contributed by atoms with Gasteiger partial charge in [0.15, 0.2) is 11.5 Å². The molecule has 20 heavy (non-hydrogen) atoms. The first kappa shape index (κ1) is 12.5. The summed E-state index contributed by atoms with van der Waals surface area (Å²) < 4.78 is 11.5.